The van der Waals surface area contributed by atoms with Crippen LogP contribution < -0.4 is 0 Å². The lowest BCUT2D eigenvalue weighted by atomic mass is 9.89. The molecule has 9 heteroatoms. The van der Waals surface area contributed by atoms with Crippen molar-refractivity contribution in [3.63, 3.8) is 0 Å². The monoisotopic (exact) mass is 358 g/mol. The molecular formula is C17H18N4O5. The molecule has 1 aliphatic heterocycles. The van der Waals surface area contributed by atoms with Crippen LogP contribution in [0.25, 0.3) is 0 Å². The van der Waals surface area contributed by atoms with Crippen LogP contribution in [0.4, 0.5) is 5.69 Å². The number of carbonyl (C=O) groups is 2. The molecule has 0 spiro atoms. The van der Waals surface area contributed by atoms with Gasteiger partial charge in [0.05, 0.1) is 10.8 Å². The third-order valence-corrected chi connectivity index (χ3v) is 4.73. The van der Waals surface area contributed by atoms with Crippen LogP contribution in [0.15, 0.2) is 30.3 Å². The van der Waals surface area contributed by atoms with Crippen LogP contribution >= 0.6 is 0 Å². The summed E-state index contributed by atoms with van der Waals surface area (Å²) in [5.41, 5.74) is 0.498. The maximum atomic E-state index is 12.9. The van der Waals surface area contributed by atoms with E-state index < -0.39 is 22.7 Å². The summed E-state index contributed by atoms with van der Waals surface area (Å²) in [5.74, 6) is -2.71. The maximum Gasteiger partial charge on any atom is 0.322 e. The number of carboxylic acids is 1. The van der Waals surface area contributed by atoms with Crippen LogP contribution in [-0.4, -0.2) is 49.7 Å². The van der Waals surface area contributed by atoms with Gasteiger partial charge in [0, 0.05) is 26.1 Å². The zero-order chi connectivity index (χ0) is 19.0. The first kappa shape index (κ1) is 17.6. The first-order valence-corrected chi connectivity index (χ1v) is 8.06. The molecule has 1 N–H and O–H groups in total. The summed E-state index contributed by atoms with van der Waals surface area (Å²) in [6.07, 6.45) is 0. The third-order valence-electron chi connectivity index (χ3n) is 4.73. The fourth-order valence-electron chi connectivity index (χ4n) is 3.51. The van der Waals surface area contributed by atoms with Gasteiger partial charge in [0.2, 0.25) is 5.69 Å². The maximum absolute atomic E-state index is 12.9. The molecule has 2 heterocycles. The molecule has 1 aromatic heterocycles. The quantitative estimate of drug-likeness (QED) is 0.655. The van der Waals surface area contributed by atoms with E-state index in [1.165, 1.54) is 23.6 Å². The molecule has 0 bridgehead atoms. The summed E-state index contributed by atoms with van der Waals surface area (Å²) in [6, 6.07) is 9.11. The summed E-state index contributed by atoms with van der Waals surface area (Å²) >= 11 is 0. The summed E-state index contributed by atoms with van der Waals surface area (Å²) in [5, 5.41) is 24.8. The molecule has 1 saturated heterocycles. The second kappa shape index (κ2) is 6.58. The number of hydrogen-bond acceptors (Lipinski definition) is 5. The van der Waals surface area contributed by atoms with Gasteiger partial charge in [-0.3, -0.25) is 24.4 Å². The molecule has 0 unspecified atom stereocenters. The Morgan fingerprint density at radius 3 is 2.50 bits per heavy atom. The Bertz CT molecular complexity index is 877. The topological polar surface area (TPSA) is 119 Å². The van der Waals surface area contributed by atoms with Crippen LogP contribution in [-0.2, 0) is 11.8 Å². The second-order valence-electron chi connectivity index (χ2n) is 6.34. The van der Waals surface area contributed by atoms with Crippen molar-refractivity contribution in [2.75, 3.05) is 13.1 Å². The van der Waals surface area contributed by atoms with Crippen molar-refractivity contribution in [3.05, 3.63) is 57.4 Å². The summed E-state index contributed by atoms with van der Waals surface area (Å²) in [6.45, 7) is 1.64. The molecule has 0 radical (unpaired) electrons. The van der Waals surface area contributed by atoms with E-state index in [0.29, 0.717) is 0 Å². The summed E-state index contributed by atoms with van der Waals surface area (Å²) in [4.78, 5) is 36.6. The lowest BCUT2D eigenvalue weighted by Crippen LogP contribution is -2.31. The predicted molar refractivity (Wildman–Crippen MR) is 90.8 cm³/mol. The first-order chi connectivity index (χ1) is 12.3. The van der Waals surface area contributed by atoms with Gasteiger partial charge in [0.1, 0.15) is 5.69 Å². The average Bonchev–Trinajstić information content (AvgIpc) is 3.16. The minimum absolute atomic E-state index is 0.00485. The Hall–Kier alpha value is -3.23. The molecule has 1 aliphatic rings. The molecule has 3 rings (SSSR count). The SMILES string of the molecule is Cc1nn(C)c(C(=O)N2C[C@H](C(=O)O)[C@H](c3ccccc3)C2)c1[N+](=O)[O-]. The number of aliphatic carboxylic acids is 1. The van der Waals surface area contributed by atoms with E-state index in [4.69, 9.17) is 0 Å². The van der Waals surface area contributed by atoms with Gasteiger partial charge >= 0.3 is 11.7 Å². The number of carboxylic acid groups (broad SMARTS) is 1. The standard InChI is InChI=1S/C17H18N4O5/c1-10-14(21(25)26)15(19(2)18-10)16(22)20-8-12(13(9-20)17(23)24)11-6-4-3-5-7-11/h3-7,12-13H,8-9H2,1-2H3,(H,23,24)/t12-,13-/m0/s1. The zero-order valence-electron chi connectivity index (χ0n) is 14.3. The predicted octanol–water partition coefficient (Wildman–Crippen LogP) is 1.58. The van der Waals surface area contributed by atoms with Gasteiger partial charge in [0.15, 0.2) is 0 Å². The number of likely N-dealkylation sites (tertiary alicyclic amines) is 1. The normalized spacial score (nSPS) is 19.5. The van der Waals surface area contributed by atoms with Crippen LogP contribution in [0.3, 0.4) is 0 Å². The van der Waals surface area contributed by atoms with E-state index in [1.807, 2.05) is 30.3 Å². The largest absolute Gasteiger partial charge is 0.481 e. The molecule has 2 aromatic rings. The highest BCUT2D eigenvalue weighted by Gasteiger charge is 2.43. The Kier molecular flexibility index (Phi) is 4.45. The van der Waals surface area contributed by atoms with Gasteiger partial charge in [-0.15, -0.1) is 0 Å². The molecular weight excluding hydrogens is 340 g/mol. The molecule has 9 nitrogen and oxygen atoms in total. The highest BCUT2D eigenvalue weighted by Crippen LogP contribution is 2.35. The van der Waals surface area contributed by atoms with E-state index in [-0.39, 0.29) is 36.1 Å². The van der Waals surface area contributed by atoms with Crippen LogP contribution in [0.1, 0.15) is 27.7 Å². The number of nitrogens with zero attached hydrogens (tertiary/aromatic N) is 4. The van der Waals surface area contributed by atoms with Crippen molar-refractivity contribution in [1.29, 1.82) is 0 Å². The molecule has 1 fully saturated rings. The van der Waals surface area contributed by atoms with Gasteiger partial charge < -0.3 is 10.0 Å². The van der Waals surface area contributed by atoms with Crippen molar-refractivity contribution in [2.24, 2.45) is 13.0 Å². The van der Waals surface area contributed by atoms with E-state index in [9.17, 15) is 24.8 Å². The number of amides is 1. The Morgan fingerprint density at radius 2 is 1.92 bits per heavy atom. The number of hydrogen-bond donors (Lipinski definition) is 1. The molecule has 1 amide bonds. The highest BCUT2D eigenvalue weighted by molar-refractivity contribution is 5.97. The van der Waals surface area contributed by atoms with Crippen LogP contribution in [0.5, 0.6) is 0 Å². The average molecular weight is 358 g/mol. The Labute approximate surface area is 149 Å². The number of aryl methyl sites for hydroxylation is 2. The molecule has 136 valence electrons. The second-order valence-corrected chi connectivity index (χ2v) is 6.34. The number of benzene rings is 1. The van der Waals surface area contributed by atoms with Crippen LogP contribution in [0, 0.1) is 23.0 Å². The number of aromatic nitrogens is 2. The van der Waals surface area contributed by atoms with Crippen molar-refractivity contribution in [1.82, 2.24) is 14.7 Å². The minimum Gasteiger partial charge on any atom is -0.481 e. The van der Waals surface area contributed by atoms with Gasteiger partial charge in [-0.05, 0) is 12.5 Å². The summed E-state index contributed by atoms with van der Waals surface area (Å²) < 4.78 is 1.18. The van der Waals surface area contributed by atoms with Gasteiger partial charge in [-0.1, -0.05) is 30.3 Å². The highest BCUT2D eigenvalue weighted by atomic mass is 16.6. The fraction of sp³-hybridized carbons (Fsp3) is 0.353. The Morgan fingerprint density at radius 1 is 1.27 bits per heavy atom. The first-order valence-electron chi connectivity index (χ1n) is 8.06. The number of rotatable bonds is 4. The zero-order valence-corrected chi connectivity index (χ0v) is 14.3. The number of carbonyl (C=O) groups excluding carboxylic acids is 1. The van der Waals surface area contributed by atoms with Gasteiger partial charge in [-0.2, -0.15) is 5.10 Å². The minimum atomic E-state index is -0.996. The third kappa shape index (κ3) is 2.92. The number of nitro groups is 1. The lowest BCUT2D eigenvalue weighted by molar-refractivity contribution is -0.385. The van der Waals surface area contributed by atoms with E-state index in [2.05, 4.69) is 5.10 Å². The molecule has 0 saturated carbocycles. The smallest absolute Gasteiger partial charge is 0.322 e. The van der Waals surface area contributed by atoms with E-state index in [1.54, 1.807) is 0 Å². The van der Waals surface area contributed by atoms with E-state index in [0.717, 1.165) is 5.56 Å². The van der Waals surface area contributed by atoms with Gasteiger partial charge in [-0.25, -0.2) is 0 Å². The molecule has 26 heavy (non-hydrogen) atoms. The fourth-order valence-corrected chi connectivity index (χ4v) is 3.51. The van der Waals surface area contributed by atoms with Crippen molar-refractivity contribution in [3.8, 4) is 0 Å². The van der Waals surface area contributed by atoms with Crippen LogP contribution in [0.2, 0.25) is 0 Å². The van der Waals surface area contributed by atoms with Gasteiger partial charge in [0.25, 0.3) is 5.91 Å². The van der Waals surface area contributed by atoms with Crippen molar-refractivity contribution >= 4 is 17.6 Å². The van der Waals surface area contributed by atoms with Crippen molar-refractivity contribution in [2.45, 2.75) is 12.8 Å². The lowest BCUT2D eigenvalue weighted by Gasteiger charge is -2.16. The Balaban J connectivity index is 1.95. The van der Waals surface area contributed by atoms with E-state index >= 15 is 0 Å². The molecule has 2 atom stereocenters. The molecule has 0 aliphatic carbocycles. The summed E-state index contributed by atoms with van der Waals surface area (Å²) in [7, 11) is 1.46. The van der Waals surface area contributed by atoms with Crippen molar-refractivity contribution < 1.29 is 19.6 Å². The molecule has 1 aromatic carbocycles.